The molecule has 1 heterocycles. The highest BCUT2D eigenvalue weighted by molar-refractivity contribution is 6.35. The Labute approximate surface area is 116 Å². The lowest BCUT2D eigenvalue weighted by molar-refractivity contribution is 0.644. The summed E-state index contributed by atoms with van der Waals surface area (Å²) in [7, 11) is 0. The predicted octanol–water partition coefficient (Wildman–Crippen LogP) is 3.12. The molecule has 0 aliphatic carbocycles. The van der Waals surface area contributed by atoms with Crippen molar-refractivity contribution < 1.29 is 0 Å². The Morgan fingerprint density at radius 3 is 2.72 bits per heavy atom. The standard InChI is InChI=1S/C12H14Cl2N4/c1-2-5-18-11(7-15)16-17-12(18)9-6-8(13)3-4-10(9)14/h3-4,6H,2,5,7,15H2,1H3. The number of rotatable bonds is 4. The van der Waals surface area contributed by atoms with Gasteiger partial charge in [-0.3, -0.25) is 0 Å². The number of nitrogens with two attached hydrogens (primary N) is 1. The molecule has 18 heavy (non-hydrogen) atoms. The van der Waals surface area contributed by atoms with E-state index in [4.69, 9.17) is 28.9 Å². The minimum absolute atomic E-state index is 0.352. The number of benzene rings is 1. The van der Waals surface area contributed by atoms with Crippen molar-refractivity contribution >= 4 is 23.2 Å². The molecular weight excluding hydrogens is 271 g/mol. The molecule has 0 unspecified atom stereocenters. The van der Waals surface area contributed by atoms with Gasteiger partial charge in [0.25, 0.3) is 0 Å². The summed E-state index contributed by atoms with van der Waals surface area (Å²) < 4.78 is 1.98. The lowest BCUT2D eigenvalue weighted by Crippen LogP contribution is -2.09. The van der Waals surface area contributed by atoms with Crippen LogP contribution in [-0.2, 0) is 13.1 Å². The van der Waals surface area contributed by atoms with Crippen LogP contribution in [-0.4, -0.2) is 14.8 Å². The Morgan fingerprint density at radius 2 is 2.06 bits per heavy atom. The highest BCUT2D eigenvalue weighted by Crippen LogP contribution is 2.29. The Bertz CT molecular complexity index is 551. The highest BCUT2D eigenvalue weighted by atomic mass is 35.5. The average molecular weight is 285 g/mol. The second-order valence-corrected chi connectivity index (χ2v) is 4.76. The van der Waals surface area contributed by atoms with E-state index < -0.39 is 0 Å². The van der Waals surface area contributed by atoms with Crippen LogP contribution in [0.4, 0.5) is 0 Å². The monoisotopic (exact) mass is 284 g/mol. The van der Waals surface area contributed by atoms with Gasteiger partial charge in [-0.15, -0.1) is 10.2 Å². The normalized spacial score (nSPS) is 10.9. The van der Waals surface area contributed by atoms with Gasteiger partial charge in [0.15, 0.2) is 5.82 Å². The Balaban J connectivity index is 2.56. The van der Waals surface area contributed by atoms with E-state index in [1.165, 1.54) is 0 Å². The molecule has 1 aromatic carbocycles. The van der Waals surface area contributed by atoms with Gasteiger partial charge in [-0.25, -0.2) is 0 Å². The summed E-state index contributed by atoms with van der Waals surface area (Å²) in [5.41, 5.74) is 6.44. The lowest BCUT2D eigenvalue weighted by atomic mass is 10.2. The number of nitrogens with zero attached hydrogens (tertiary/aromatic N) is 3. The summed E-state index contributed by atoms with van der Waals surface area (Å²) in [5.74, 6) is 1.47. The van der Waals surface area contributed by atoms with Crippen molar-refractivity contribution in [3.8, 4) is 11.4 Å². The van der Waals surface area contributed by atoms with Crippen LogP contribution in [0, 0.1) is 0 Å². The number of halogens is 2. The average Bonchev–Trinajstić information content (AvgIpc) is 2.76. The van der Waals surface area contributed by atoms with Gasteiger partial charge in [-0.2, -0.15) is 0 Å². The molecule has 6 heteroatoms. The van der Waals surface area contributed by atoms with E-state index in [1.54, 1.807) is 18.2 Å². The van der Waals surface area contributed by atoms with E-state index in [9.17, 15) is 0 Å². The van der Waals surface area contributed by atoms with Crippen molar-refractivity contribution in [3.05, 3.63) is 34.1 Å². The maximum absolute atomic E-state index is 6.18. The van der Waals surface area contributed by atoms with Gasteiger partial charge in [0, 0.05) is 17.1 Å². The van der Waals surface area contributed by atoms with E-state index in [1.807, 2.05) is 4.57 Å². The topological polar surface area (TPSA) is 56.7 Å². The molecule has 0 aliphatic heterocycles. The fraction of sp³-hybridized carbons (Fsp3) is 0.333. The van der Waals surface area contributed by atoms with Gasteiger partial charge in [0.05, 0.1) is 11.6 Å². The molecule has 0 saturated carbocycles. The zero-order chi connectivity index (χ0) is 13.1. The molecule has 2 rings (SSSR count). The summed E-state index contributed by atoms with van der Waals surface area (Å²) >= 11 is 12.2. The molecule has 0 radical (unpaired) electrons. The Hall–Kier alpha value is -1.10. The number of aromatic nitrogens is 3. The van der Waals surface area contributed by atoms with E-state index in [-0.39, 0.29) is 0 Å². The van der Waals surface area contributed by atoms with Crippen molar-refractivity contribution in [2.75, 3.05) is 0 Å². The minimum Gasteiger partial charge on any atom is -0.324 e. The maximum Gasteiger partial charge on any atom is 0.165 e. The first kappa shape index (κ1) is 13.3. The van der Waals surface area contributed by atoms with Gasteiger partial charge >= 0.3 is 0 Å². The van der Waals surface area contributed by atoms with Crippen LogP contribution < -0.4 is 5.73 Å². The Morgan fingerprint density at radius 1 is 1.28 bits per heavy atom. The van der Waals surface area contributed by atoms with Crippen LogP contribution in [0.5, 0.6) is 0 Å². The second-order valence-electron chi connectivity index (χ2n) is 3.92. The third-order valence-electron chi connectivity index (χ3n) is 2.63. The van der Waals surface area contributed by atoms with Crippen molar-refractivity contribution in [1.29, 1.82) is 0 Å². The van der Waals surface area contributed by atoms with Gasteiger partial charge in [-0.1, -0.05) is 30.1 Å². The first-order chi connectivity index (χ1) is 8.67. The molecule has 2 aromatic rings. The van der Waals surface area contributed by atoms with Crippen LogP contribution in [0.1, 0.15) is 19.2 Å². The van der Waals surface area contributed by atoms with E-state index in [0.29, 0.717) is 22.4 Å². The third kappa shape index (κ3) is 2.51. The third-order valence-corrected chi connectivity index (χ3v) is 3.19. The number of hydrogen-bond donors (Lipinski definition) is 1. The van der Waals surface area contributed by atoms with Crippen LogP contribution >= 0.6 is 23.2 Å². The molecule has 4 nitrogen and oxygen atoms in total. The number of hydrogen-bond acceptors (Lipinski definition) is 3. The molecule has 0 bridgehead atoms. The van der Waals surface area contributed by atoms with Gasteiger partial charge < -0.3 is 10.3 Å². The molecule has 96 valence electrons. The lowest BCUT2D eigenvalue weighted by Gasteiger charge is -2.09. The smallest absolute Gasteiger partial charge is 0.165 e. The van der Waals surface area contributed by atoms with Gasteiger partial charge in [0.2, 0.25) is 0 Å². The molecule has 0 aliphatic rings. The molecule has 0 amide bonds. The van der Waals surface area contributed by atoms with Crippen LogP contribution in [0.25, 0.3) is 11.4 Å². The van der Waals surface area contributed by atoms with Crippen LogP contribution in [0.15, 0.2) is 18.2 Å². The largest absolute Gasteiger partial charge is 0.324 e. The molecule has 0 spiro atoms. The quantitative estimate of drug-likeness (QED) is 0.939. The fourth-order valence-corrected chi connectivity index (χ4v) is 2.19. The Kier molecular flexibility index (Phi) is 4.22. The van der Waals surface area contributed by atoms with E-state index in [0.717, 1.165) is 24.4 Å². The van der Waals surface area contributed by atoms with Crippen molar-refractivity contribution in [2.24, 2.45) is 5.73 Å². The SMILES string of the molecule is CCCn1c(CN)nnc1-c1cc(Cl)ccc1Cl. The molecule has 0 fully saturated rings. The van der Waals surface area contributed by atoms with E-state index >= 15 is 0 Å². The van der Waals surface area contributed by atoms with Crippen molar-refractivity contribution in [2.45, 2.75) is 26.4 Å². The van der Waals surface area contributed by atoms with E-state index in [2.05, 4.69) is 17.1 Å². The molecule has 0 atom stereocenters. The van der Waals surface area contributed by atoms with Crippen LogP contribution in [0.2, 0.25) is 10.0 Å². The first-order valence-electron chi connectivity index (χ1n) is 5.75. The van der Waals surface area contributed by atoms with Crippen molar-refractivity contribution in [3.63, 3.8) is 0 Å². The summed E-state index contributed by atoms with van der Waals surface area (Å²) in [6, 6.07) is 5.30. The highest BCUT2D eigenvalue weighted by Gasteiger charge is 2.15. The zero-order valence-electron chi connectivity index (χ0n) is 10.0. The summed E-state index contributed by atoms with van der Waals surface area (Å²) in [4.78, 5) is 0. The molecular formula is C12H14Cl2N4. The summed E-state index contributed by atoms with van der Waals surface area (Å²) in [6.45, 7) is 3.24. The van der Waals surface area contributed by atoms with Gasteiger partial charge in [0.1, 0.15) is 5.82 Å². The minimum atomic E-state index is 0.352. The predicted molar refractivity (Wildman–Crippen MR) is 73.7 cm³/mol. The van der Waals surface area contributed by atoms with Gasteiger partial charge in [-0.05, 0) is 24.6 Å². The van der Waals surface area contributed by atoms with Crippen molar-refractivity contribution in [1.82, 2.24) is 14.8 Å². The molecule has 1 aromatic heterocycles. The second kappa shape index (κ2) is 5.69. The summed E-state index contributed by atoms with van der Waals surface area (Å²) in [6.07, 6.45) is 0.968. The maximum atomic E-state index is 6.18. The molecule has 0 saturated heterocycles. The first-order valence-corrected chi connectivity index (χ1v) is 6.50. The fourth-order valence-electron chi connectivity index (χ4n) is 1.81. The summed E-state index contributed by atoms with van der Waals surface area (Å²) in [5, 5.41) is 9.48. The zero-order valence-corrected chi connectivity index (χ0v) is 11.5. The van der Waals surface area contributed by atoms with Crippen LogP contribution in [0.3, 0.4) is 0 Å². The molecule has 2 N–H and O–H groups in total.